The first-order valence-corrected chi connectivity index (χ1v) is 7.19. The smallest absolute Gasteiger partial charge is 0.257 e. The van der Waals surface area contributed by atoms with Gasteiger partial charge in [0.1, 0.15) is 5.82 Å². The zero-order valence-corrected chi connectivity index (χ0v) is 13.6. The van der Waals surface area contributed by atoms with E-state index in [4.69, 9.17) is 0 Å². The van der Waals surface area contributed by atoms with Crippen molar-refractivity contribution in [2.45, 2.75) is 27.7 Å². The number of hydrogen-bond acceptors (Lipinski definition) is 2. The number of pyridine rings is 1. The molecule has 1 amide bonds. The summed E-state index contributed by atoms with van der Waals surface area (Å²) in [7, 11) is 0. The summed E-state index contributed by atoms with van der Waals surface area (Å²) < 4.78 is 0.929. The van der Waals surface area contributed by atoms with Gasteiger partial charge in [-0.2, -0.15) is 0 Å². The normalized spacial score (nSPS) is 10.4. The van der Waals surface area contributed by atoms with E-state index in [0.717, 1.165) is 32.3 Å². The summed E-state index contributed by atoms with van der Waals surface area (Å²) in [4.78, 5) is 16.6. The molecule has 20 heavy (non-hydrogen) atoms. The number of anilines is 1. The van der Waals surface area contributed by atoms with E-state index in [1.807, 2.05) is 45.9 Å². The number of nitrogens with zero attached hydrogens (tertiary/aromatic N) is 1. The predicted molar refractivity (Wildman–Crippen MR) is 85.3 cm³/mol. The van der Waals surface area contributed by atoms with Gasteiger partial charge in [0.2, 0.25) is 0 Å². The van der Waals surface area contributed by atoms with Crippen LogP contribution in [0.5, 0.6) is 0 Å². The highest BCUT2D eigenvalue weighted by atomic mass is 79.9. The lowest BCUT2D eigenvalue weighted by molar-refractivity contribution is 0.102. The van der Waals surface area contributed by atoms with Crippen LogP contribution >= 0.6 is 15.9 Å². The van der Waals surface area contributed by atoms with Crippen molar-refractivity contribution in [3.05, 3.63) is 56.7 Å². The molecule has 0 aliphatic rings. The molecule has 2 aromatic rings. The maximum atomic E-state index is 12.4. The molecule has 3 nitrogen and oxygen atoms in total. The Kier molecular flexibility index (Phi) is 4.23. The molecule has 0 saturated heterocycles. The molecule has 0 aliphatic heterocycles. The molecular weight excluding hydrogens is 316 g/mol. The Morgan fingerprint density at radius 1 is 1.05 bits per heavy atom. The average Bonchev–Trinajstić information content (AvgIpc) is 2.32. The van der Waals surface area contributed by atoms with E-state index in [1.165, 1.54) is 0 Å². The van der Waals surface area contributed by atoms with Gasteiger partial charge in [-0.05, 0) is 66.4 Å². The maximum Gasteiger partial charge on any atom is 0.257 e. The largest absolute Gasteiger partial charge is 0.307 e. The Morgan fingerprint density at radius 2 is 1.65 bits per heavy atom. The SMILES string of the molecule is Cc1cc(C)c(C(=O)Nc2cc(C)c(Br)cn2)c(C)c1. The highest BCUT2D eigenvalue weighted by Crippen LogP contribution is 2.20. The lowest BCUT2D eigenvalue weighted by atomic mass is 9.99. The Bertz CT molecular complexity index is 657. The second-order valence-corrected chi connectivity index (χ2v) is 5.90. The number of carbonyl (C=O) groups excluding carboxylic acids is 1. The fourth-order valence-electron chi connectivity index (χ4n) is 2.32. The van der Waals surface area contributed by atoms with E-state index >= 15 is 0 Å². The van der Waals surface area contributed by atoms with Gasteiger partial charge in [0.15, 0.2) is 0 Å². The summed E-state index contributed by atoms with van der Waals surface area (Å²) in [5, 5.41) is 2.86. The van der Waals surface area contributed by atoms with Crippen LogP contribution in [-0.2, 0) is 0 Å². The molecule has 2 rings (SSSR count). The number of hydrogen-bond donors (Lipinski definition) is 1. The Hall–Kier alpha value is -1.68. The number of aromatic nitrogens is 1. The Balaban J connectivity index is 2.31. The molecule has 0 saturated carbocycles. The third-order valence-corrected chi connectivity index (χ3v) is 4.02. The Morgan fingerprint density at radius 3 is 2.20 bits per heavy atom. The molecule has 0 unspecified atom stereocenters. The van der Waals surface area contributed by atoms with Crippen molar-refractivity contribution in [3.63, 3.8) is 0 Å². The molecular formula is C16H17BrN2O. The van der Waals surface area contributed by atoms with Crippen LogP contribution in [0.1, 0.15) is 32.6 Å². The molecule has 0 fully saturated rings. The fourth-order valence-corrected chi connectivity index (χ4v) is 2.54. The summed E-state index contributed by atoms with van der Waals surface area (Å²) in [6.45, 7) is 7.90. The number of halogens is 1. The van der Waals surface area contributed by atoms with Crippen molar-refractivity contribution in [1.82, 2.24) is 4.98 Å². The summed E-state index contributed by atoms with van der Waals surface area (Å²) in [6.07, 6.45) is 1.69. The third kappa shape index (κ3) is 3.07. The van der Waals surface area contributed by atoms with Gasteiger partial charge in [-0.25, -0.2) is 4.98 Å². The highest BCUT2D eigenvalue weighted by Gasteiger charge is 2.13. The van der Waals surface area contributed by atoms with Crippen LogP contribution in [-0.4, -0.2) is 10.9 Å². The van der Waals surface area contributed by atoms with E-state index < -0.39 is 0 Å². The molecule has 0 atom stereocenters. The number of benzene rings is 1. The minimum absolute atomic E-state index is 0.116. The fraction of sp³-hybridized carbons (Fsp3) is 0.250. The minimum Gasteiger partial charge on any atom is -0.307 e. The molecule has 4 heteroatoms. The van der Waals surface area contributed by atoms with Crippen molar-refractivity contribution in [3.8, 4) is 0 Å². The molecule has 0 spiro atoms. The second-order valence-electron chi connectivity index (χ2n) is 5.05. The number of aryl methyl sites for hydroxylation is 4. The topological polar surface area (TPSA) is 42.0 Å². The predicted octanol–water partition coefficient (Wildman–Crippen LogP) is 4.33. The zero-order chi connectivity index (χ0) is 14.9. The van der Waals surface area contributed by atoms with Crippen molar-refractivity contribution < 1.29 is 4.79 Å². The van der Waals surface area contributed by atoms with Crippen LogP contribution < -0.4 is 5.32 Å². The van der Waals surface area contributed by atoms with Gasteiger partial charge in [0.25, 0.3) is 5.91 Å². The molecule has 0 radical (unpaired) electrons. The van der Waals surface area contributed by atoms with Gasteiger partial charge in [-0.3, -0.25) is 4.79 Å². The van der Waals surface area contributed by atoms with Gasteiger partial charge in [0.05, 0.1) is 0 Å². The standard InChI is InChI=1S/C16H17BrN2O/c1-9-5-11(3)15(12(4)6-9)16(20)19-14-7-10(2)13(17)8-18-14/h5-8H,1-4H3,(H,18,19,20). The molecule has 0 aliphatic carbocycles. The molecule has 1 aromatic heterocycles. The van der Waals surface area contributed by atoms with Crippen LogP contribution in [0.2, 0.25) is 0 Å². The van der Waals surface area contributed by atoms with E-state index in [1.54, 1.807) is 6.20 Å². The van der Waals surface area contributed by atoms with Gasteiger partial charge in [0, 0.05) is 16.2 Å². The third-order valence-electron chi connectivity index (χ3n) is 3.19. The molecule has 1 N–H and O–H groups in total. The zero-order valence-electron chi connectivity index (χ0n) is 12.0. The molecule has 1 heterocycles. The maximum absolute atomic E-state index is 12.4. The van der Waals surface area contributed by atoms with E-state index in [0.29, 0.717) is 5.82 Å². The van der Waals surface area contributed by atoms with E-state index in [9.17, 15) is 4.79 Å². The van der Waals surface area contributed by atoms with Crippen LogP contribution in [0.4, 0.5) is 5.82 Å². The van der Waals surface area contributed by atoms with Gasteiger partial charge in [-0.15, -0.1) is 0 Å². The summed E-state index contributed by atoms with van der Waals surface area (Å²) in [6, 6.07) is 5.88. The average molecular weight is 333 g/mol. The first-order chi connectivity index (χ1) is 9.38. The van der Waals surface area contributed by atoms with Crippen LogP contribution in [0.3, 0.4) is 0 Å². The number of rotatable bonds is 2. The first kappa shape index (κ1) is 14.7. The number of nitrogens with one attached hydrogen (secondary N) is 1. The van der Waals surface area contributed by atoms with Crippen molar-refractivity contribution in [2.24, 2.45) is 0 Å². The summed E-state index contributed by atoms with van der Waals surface area (Å²) >= 11 is 3.40. The van der Waals surface area contributed by atoms with E-state index in [2.05, 4.69) is 26.2 Å². The van der Waals surface area contributed by atoms with Crippen LogP contribution in [0, 0.1) is 27.7 Å². The summed E-state index contributed by atoms with van der Waals surface area (Å²) in [5.74, 6) is 0.448. The molecule has 1 aromatic carbocycles. The quantitative estimate of drug-likeness (QED) is 0.889. The van der Waals surface area contributed by atoms with Crippen molar-refractivity contribution in [1.29, 1.82) is 0 Å². The van der Waals surface area contributed by atoms with Gasteiger partial charge in [-0.1, -0.05) is 17.7 Å². The second kappa shape index (κ2) is 5.75. The van der Waals surface area contributed by atoms with Crippen LogP contribution in [0.25, 0.3) is 0 Å². The van der Waals surface area contributed by atoms with Crippen molar-refractivity contribution in [2.75, 3.05) is 5.32 Å². The Labute approximate surface area is 127 Å². The lowest BCUT2D eigenvalue weighted by Crippen LogP contribution is -2.16. The molecule has 104 valence electrons. The number of amides is 1. The van der Waals surface area contributed by atoms with Gasteiger partial charge >= 0.3 is 0 Å². The van der Waals surface area contributed by atoms with Crippen molar-refractivity contribution >= 4 is 27.7 Å². The first-order valence-electron chi connectivity index (χ1n) is 6.40. The highest BCUT2D eigenvalue weighted by molar-refractivity contribution is 9.10. The summed E-state index contributed by atoms with van der Waals surface area (Å²) in [5.41, 5.74) is 4.88. The number of carbonyl (C=O) groups is 1. The van der Waals surface area contributed by atoms with E-state index in [-0.39, 0.29) is 5.91 Å². The minimum atomic E-state index is -0.116. The monoisotopic (exact) mass is 332 g/mol. The molecule has 0 bridgehead atoms. The van der Waals surface area contributed by atoms with Gasteiger partial charge < -0.3 is 5.32 Å². The lowest BCUT2D eigenvalue weighted by Gasteiger charge is -2.11. The van der Waals surface area contributed by atoms with Crippen LogP contribution in [0.15, 0.2) is 28.9 Å².